The molecular formula is C14H10BrClN4S. The van der Waals surface area contributed by atoms with Crippen molar-refractivity contribution < 1.29 is 0 Å². The number of hydrogen-bond acceptors (Lipinski definition) is 3. The summed E-state index contributed by atoms with van der Waals surface area (Å²) < 4.78 is 3.23. The van der Waals surface area contributed by atoms with Crippen LogP contribution in [0.3, 0.4) is 0 Å². The molecule has 0 bridgehead atoms. The first-order valence-electron chi connectivity index (χ1n) is 6.12. The van der Waals surface area contributed by atoms with Gasteiger partial charge in [-0.25, -0.2) is 0 Å². The zero-order valence-electron chi connectivity index (χ0n) is 11.0. The van der Waals surface area contributed by atoms with Crippen molar-refractivity contribution in [3.8, 4) is 17.1 Å². The van der Waals surface area contributed by atoms with E-state index >= 15 is 0 Å². The van der Waals surface area contributed by atoms with E-state index in [0.717, 1.165) is 21.3 Å². The summed E-state index contributed by atoms with van der Waals surface area (Å²) in [6.45, 7) is 1.95. The summed E-state index contributed by atoms with van der Waals surface area (Å²) in [6.07, 6.45) is 3.46. The number of aryl methyl sites for hydroxylation is 1. The number of benzene rings is 1. The van der Waals surface area contributed by atoms with Gasteiger partial charge in [0.05, 0.1) is 5.69 Å². The predicted molar refractivity (Wildman–Crippen MR) is 89.4 cm³/mol. The van der Waals surface area contributed by atoms with Gasteiger partial charge in [-0.15, -0.1) is 0 Å². The second-order valence-corrected chi connectivity index (χ2v) is 6.13. The van der Waals surface area contributed by atoms with Crippen molar-refractivity contribution in [3.63, 3.8) is 0 Å². The van der Waals surface area contributed by atoms with E-state index in [2.05, 4.69) is 31.1 Å². The number of rotatable bonds is 2. The van der Waals surface area contributed by atoms with E-state index in [1.807, 2.05) is 35.8 Å². The molecule has 0 aliphatic carbocycles. The average Bonchev–Trinajstić information content (AvgIpc) is 2.85. The zero-order valence-corrected chi connectivity index (χ0v) is 14.1. The second kappa shape index (κ2) is 5.71. The van der Waals surface area contributed by atoms with Crippen molar-refractivity contribution >= 4 is 39.7 Å². The molecule has 3 aromatic rings. The van der Waals surface area contributed by atoms with Crippen LogP contribution >= 0.6 is 39.7 Å². The van der Waals surface area contributed by atoms with Crippen molar-refractivity contribution in [1.82, 2.24) is 19.7 Å². The Morgan fingerprint density at radius 3 is 2.90 bits per heavy atom. The minimum absolute atomic E-state index is 0.495. The normalized spacial score (nSPS) is 10.8. The van der Waals surface area contributed by atoms with Gasteiger partial charge in [0.2, 0.25) is 0 Å². The lowest BCUT2D eigenvalue weighted by molar-refractivity contribution is 1.03. The Hall–Kier alpha value is -1.50. The summed E-state index contributed by atoms with van der Waals surface area (Å²) in [5, 5.41) is 7.79. The minimum atomic E-state index is 0.495. The van der Waals surface area contributed by atoms with Crippen LogP contribution in [0.5, 0.6) is 0 Å². The smallest absolute Gasteiger partial charge is 0.200 e. The van der Waals surface area contributed by atoms with Gasteiger partial charge in [-0.1, -0.05) is 11.6 Å². The fourth-order valence-corrected chi connectivity index (χ4v) is 3.04. The van der Waals surface area contributed by atoms with E-state index in [-0.39, 0.29) is 0 Å². The summed E-state index contributed by atoms with van der Waals surface area (Å²) >= 11 is 15.2. The molecule has 1 aromatic carbocycles. The van der Waals surface area contributed by atoms with E-state index in [1.165, 1.54) is 0 Å². The van der Waals surface area contributed by atoms with E-state index in [9.17, 15) is 0 Å². The molecule has 0 fully saturated rings. The molecular weight excluding hydrogens is 372 g/mol. The van der Waals surface area contributed by atoms with Gasteiger partial charge in [0.25, 0.3) is 0 Å². The molecule has 3 rings (SSSR count). The summed E-state index contributed by atoms with van der Waals surface area (Å²) in [7, 11) is 0. The van der Waals surface area contributed by atoms with Crippen LogP contribution in [0.25, 0.3) is 17.1 Å². The number of nitrogens with one attached hydrogen (secondary N) is 1. The largest absolute Gasteiger partial charge is 0.267 e. The number of H-pyrrole nitrogens is 1. The lowest BCUT2D eigenvalue weighted by Gasteiger charge is -2.11. The summed E-state index contributed by atoms with van der Waals surface area (Å²) in [4.78, 5) is 4.12. The first kappa shape index (κ1) is 14.4. The average molecular weight is 382 g/mol. The third-order valence-electron chi connectivity index (χ3n) is 3.06. The van der Waals surface area contributed by atoms with Gasteiger partial charge in [-0.05, 0) is 64.9 Å². The Morgan fingerprint density at radius 2 is 2.19 bits per heavy atom. The zero-order chi connectivity index (χ0) is 15.0. The lowest BCUT2D eigenvalue weighted by atomic mass is 10.2. The Balaban J connectivity index is 2.27. The number of aromatic amines is 1. The Morgan fingerprint density at radius 1 is 1.38 bits per heavy atom. The molecule has 0 spiro atoms. The first-order valence-corrected chi connectivity index (χ1v) is 7.69. The first-order chi connectivity index (χ1) is 10.1. The van der Waals surface area contributed by atoms with Gasteiger partial charge in [-0.2, -0.15) is 5.10 Å². The van der Waals surface area contributed by atoms with Crippen LogP contribution in [-0.4, -0.2) is 19.7 Å². The van der Waals surface area contributed by atoms with Crippen LogP contribution in [0.2, 0.25) is 5.02 Å². The van der Waals surface area contributed by atoms with Gasteiger partial charge in [0.1, 0.15) is 0 Å². The van der Waals surface area contributed by atoms with Gasteiger partial charge >= 0.3 is 0 Å². The molecule has 0 unspecified atom stereocenters. The van der Waals surface area contributed by atoms with Crippen LogP contribution in [-0.2, 0) is 0 Å². The maximum atomic E-state index is 6.24. The van der Waals surface area contributed by atoms with Crippen molar-refractivity contribution in [2.45, 2.75) is 6.92 Å². The number of aromatic nitrogens is 4. The van der Waals surface area contributed by atoms with E-state index in [0.29, 0.717) is 15.6 Å². The van der Waals surface area contributed by atoms with Gasteiger partial charge < -0.3 is 0 Å². The molecule has 0 saturated carbocycles. The summed E-state index contributed by atoms with van der Waals surface area (Å²) in [6, 6.07) is 7.61. The number of hydrogen-bond donors (Lipinski definition) is 1. The highest BCUT2D eigenvalue weighted by Gasteiger charge is 2.14. The number of pyridine rings is 1. The molecule has 106 valence electrons. The highest BCUT2D eigenvalue weighted by atomic mass is 79.9. The van der Waals surface area contributed by atoms with Gasteiger partial charge in [0.15, 0.2) is 10.6 Å². The molecule has 2 aromatic heterocycles. The third-order valence-corrected chi connectivity index (χ3v) is 4.38. The minimum Gasteiger partial charge on any atom is -0.267 e. The molecule has 7 heteroatoms. The fraction of sp³-hybridized carbons (Fsp3) is 0.0714. The standard InChI is InChI=1S/C14H10BrClN4S/c1-8-5-10(15)12(6-11(8)16)20-13(18-19-14(20)21)9-3-2-4-17-7-9/h2-7H,1H3,(H,19,21). The molecule has 4 nitrogen and oxygen atoms in total. The number of halogens is 2. The van der Waals surface area contributed by atoms with Crippen LogP contribution in [0, 0.1) is 11.7 Å². The van der Waals surface area contributed by atoms with Crippen LogP contribution in [0.4, 0.5) is 0 Å². The van der Waals surface area contributed by atoms with Crippen LogP contribution in [0.1, 0.15) is 5.56 Å². The SMILES string of the molecule is Cc1cc(Br)c(-n2c(-c3cccnc3)n[nH]c2=S)cc1Cl. The van der Waals surface area contributed by atoms with Crippen molar-refractivity contribution in [3.05, 3.63) is 56.5 Å². The predicted octanol–water partition coefficient (Wildman–Crippen LogP) is 4.72. The fourth-order valence-electron chi connectivity index (χ4n) is 2.02. The van der Waals surface area contributed by atoms with Gasteiger partial charge in [0, 0.05) is 27.5 Å². The van der Waals surface area contributed by atoms with Crippen molar-refractivity contribution in [2.75, 3.05) is 0 Å². The molecule has 1 N–H and O–H groups in total. The monoisotopic (exact) mass is 380 g/mol. The molecule has 0 atom stereocenters. The number of nitrogens with zero attached hydrogens (tertiary/aromatic N) is 3. The maximum absolute atomic E-state index is 6.24. The van der Waals surface area contributed by atoms with Crippen LogP contribution in [0.15, 0.2) is 41.1 Å². The van der Waals surface area contributed by atoms with Crippen LogP contribution < -0.4 is 0 Å². The van der Waals surface area contributed by atoms with E-state index in [1.54, 1.807) is 12.4 Å². The van der Waals surface area contributed by atoms with E-state index in [4.69, 9.17) is 23.8 Å². The maximum Gasteiger partial charge on any atom is 0.200 e. The highest BCUT2D eigenvalue weighted by molar-refractivity contribution is 9.10. The molecule has 0 aliphatic rings. The Bertz CT molecular complexity index is 857. The Labute approximate surface area is 139 Å². The van der Waals surface area contributed by atoms with E-state index < -0.39 is 0 Å². The quantitative estimate of drug-likeness (QED) is 0.654. The molecule has 21 heavy (non-hydrogen) atoms. The lowest BCUT2D eigenvalue weighted by Crippen LogP contribution is -2.00. The van der Waals surface area contributed by atoms with Crippen molar-refractivity contribution in [2.24, 2.45) is 0 Å². The summed E-state index contributed by atoms with van der Waals surface area (Å²) in [5.41, 5.74) is 2.70. The Kier molecular flexibility index (Phi) is 3.93. The van der Waals surface area contributed by atoms with Crippen molar-refractivity contribution in [1.29, 1.82) is 0 Å². The molecule has 2 heterocycles. The highest BCUT2D eigenvalue weighted by Crippen LogP contribution is 2.31. The topological polar surface area (TPSA) is 46.5 Å². The van der Waals surface area contributed by atoms with Gasteiger partial charge in [-0.3, -0.25) is 14.6 Å². The third kappa shape index (κ3) is 2.66. The summed E-state index contributed by atoms with van der Waals surface area (Å²) in [5.74, 6) is 0.689. The molecule has 0 saturated heterocycles. The molecule has 0 aliphatic heterocycles. The molecule has 0 amide bonds. The molecule has 0 radical (unpaired) electrons. The second-order valence-electron chi connectivity index (χ2n) is 4.48.